The van der Waals surface area contributed by atoms with Gasteiger partial charge in [0, 0.05) is 41.8 Å². The highest BCUT2D eigenvalue weighted by atomic mass is 79.9. The Balaban J connectivity index is 1.59. The molecule has 0 bridgehead atoms. The van der Waals surface area contributed by atoms with Crippen LogP contribution in [0.15, 0.2) is 83.3 Å². The van der Waals surface area contributed by atoms with Crippen LogP contribution in [0.2, 0.25) is 0 Å². The molecule has 3 aromatic rings. The van der Waals surface area contributed by atoms with Crippen LogP contribution in [0, 0.1) is 0 Å². The SMILES string of the molecule is CC(=O)c1ccc(C(c2ccccc2)N2C[C@@H](C)N(Cc3ccc(Br)cc3)C[C@@H]2C)cc1. The van der Waals surface area contributed by atoms with Gasteiger partial charge in [0.25, 0.3) is 0 Å². The molecule has 1 fully saturated rings. The van der Waals surface area contributed by atoms with Crippen LogP contribution in [0.4, 0.5) is 0 Å². The summed E-state index contributed by atoms with van der Waals surface area (Å²) in [6.45, 7) is 9.27. The van der Waals surface area contributed by atoms with Crippen molar-refractivity contribution in [3.05, 3.63) is 106 Å². The summed E-state index contributed by atoms with van der Waals surface area (Å²) >= 11 is 3.53. The lowest BCUT2D eigenvalue weighted by Gasteiger charge is -2.47. The predicted molar refractivity (Wildman–Crippen MR) is 135 cm³/mol. The number of halogens is 1. The molecule has 4 heteroatoms. The van der Waals surface area contributed by atoms with Crippen molar-refractivity contribution >= 4 is 21.7 Å². The molecule has 1 unspecified atom stereocenters. The summed E-state index contributed by atoms with van der Waals surface area (Å²) in [5.74, 6) is 0.108. The largest absolute Gasteiger partial charge is 0.295 e. The van der Waals surface area contributed by atoms with E-state index in [-0.39, 0.29) is 11.8 Å². The van der Waals surface area contributed by atoms with Crippen molar-refractivity contribution in [2.24, 2.45) is 0 Å². The summed E-state index contributed by atoms with van der Waals surface area (Å²) < 4.78 is 1.12. The average Bonchev–Trinajstić information content (AvgIpc) is 2.80. The second-order valence-corrected chi connectivity index (χ2v) is 9.86. The number of benzene rings is 3. The first-order valence-electron chi connectivity index (χ1n) is 11.3. The first-order chi connectivity index (χ1) is 15.4. The Bertz CT molecular complexity index is 1030. The summed E-state index contributed by atoms with van der Waals surface area (Å²) in [7, 11) is 0. The Morgan fingerprint density at radius 3 is 2.12 bits per heavy atom. The van der Waals surface area contributed by atoms with Crippen LogP contribution in [-0.2, 0) is 6.54 Å². The first kappa shape index (κ1) is 22.9. The number of nitrogens with zero attached hydrogens (tertiary/aromatic N) is 2. The molecule has 0 saturated carbocycles. The minimum absolute atomic E-state index is 0.108. The highest BCUT2D eigenvalue weighted by Gasteiger charge is 2.34. The topological polar surface area (TPSA) is 23.6 Å². The van der Waals surface area contributed by atoms with Gasteiger partial charge in [-0.05, 0) is 49.6 Å². The van der Waals surface area contributed by atoms with Gasteiger partial charge < -0.3 is 0 Å². The van der Waals surface area contributed by atoms with Gasteiger partial charge in [-0.3, -0.25) is 14.6 Å². The molecule has 0 aliphatic carbocycles. The molecule has 0 N–H and O–H groups in total. The number of carbonyl (C=O) groups is 1. The number of ketones is 1. The molecule has 0 amide bonds. The highest BCUT2D eigenvalue weighted by Crippen LogP contribution is 2.33. The fourth-order valence-electron chi connectivity index (χ4n) is 4.74. The van der Waals surface area contributed by atoms with Crippen molar-refractivity contribution in [1.82, 2.24) is 9.80 Å². The first-order valence-corrected chi connectivity index (χ1v) is 12.1. The molecule has 32 heavy (non-hydrogen) atoms. The van der Waals surface area contributed by atoms with Gasteiger partial charge in [-0.1, -0.05) is 82.7 Å². The maximum atomic E-state index is 11.8. The van der Waals surface area contributed by atoms with Gasteiger partial charge in [0.2, 0.25) is 0 Å². The van der Waals surface area contributed by atoms with Crippen molar-refractivity contribution in [3.8, 4) is 0 Å². The van der Waals surface area contributed by atoms with Crippen LogP contribution in [0.1, 0.15) is 53.9 Å². The molecule has 1 aliphatic rings. The lowest BCUT2D eigenvalue weighted by molar-refractivity contribution is 0.0195. The van der Waals surface area contributed by atoms with Crippen LogP contribution in [0.5, 0.6) is 0 Å². The van der Waals surface area contributed by atoms with E-state index in [1.54, 1.807) is 6.92 Å². The number of hydrogen-bond donors (Lipinski definition) is 0. The maximum absolute atomic E-state index is 11.8. The van der Waals surface area contributed by atoms with Gasteiger partial charge in [-0.15, -0.1) is 0 Å². The van der Waals surface area contributed by atoms with Crippen LogP contribution in [0.3, 0.4) is 0 Å². The van der Waals surface area contributed by atoms with Gasteiger partial charge in [0.1, 0.15) is 0 Å². The van der Waals surface area contributed by atoms with E-state index < -0.39 is 0 Å². The average molecular weight is 491 g/mol. The molecule has 1 heterocycles. The molecule has 4 rings (SSSR count). The molecule has 0 spiro atoms. The Morgan fingerprint density at radius 2 is 1.50 bits per heavy atom. The summed E-state index contributed by atoms with van der Waals surface area (Å²) in [5.41, 5.74) is 4.64. The summed E-state index contributed by atoms with van der Waals surface area (Å²) in [4.78, 5) is 17.0. The van der Waals surface area contributed by atoms with Crippen LogP contribution in [0.25, 0.3) is 0 Å². The zero-order valence-corrected chi connectivity index (χ0v) is 20.6. The zero-order valence-electron chi connectivity index (χ0n) is 19.0. The zero-order chi connectivity index (χ0) is 22.7. The molecule has 166 valence electrons. The second-order valence-electron chi connectivity index (χ2n) is 8.94. The van der Waals surface area contributed by atoms with E-state index in [1.165, 1.54) is 16.7 Å². The third kappa shape index (κ3) is 5.20. The van der Waals surface area contributed by atoms with E-state index in [0.29, 0.717) is 12.1 Å². The Labute approximate surface area is 200 Å². The molecule has 1 saturated heterocycles. The van der Waals surface area contributed by atoms with Crippen LogP contribution >= 0.6 is 15.9 Å². The van der Waals surface area contributed by atoms with Crippen LogP contribution < -0.4 is 0 Å². The van der Waals surface area contributed by atoms with Crippen molar-refractivity contribution in [1.29, 1.82) is 0 Å². The number of rotatable bonds is 6. The monoisotopic (exact) mass is 490 g/mol. The van der Waals surface area contributed by atoms with E-state index in [1.807, 2.05) is 12.1 Å². The molecule has 3 atom stereocenters. The smallest absolute Gasteiger partial charge is 0.159 e. The predicted octanol–water partition coefficient (Wildman–Crippen LogP) is 6.34. The Kier molecular flexibility index (Phi) is 7.24. The molecule has 3 nitrogen and oxygen atoms in total. The quantitative estimate of drug-likeness (QED) is 0.376. The lowest BCUT2D eigenvalue weighted by atomic mass is 9.92. The van der Waals surface area contributed by atoms with Gasteiger partial charge >= 0.3 is 0 Å². The fraction of sp³-hybridized carbons (Fsp3) is 0.321. The minimum Gasteiger partial charge on any atom is -0.295 e. The summed E-state index contributed by atoms with van der Waals surface area (Å²) in [6, 6.07) is 28.6. The summed E-state index contributed by atoms with van der Waals surface area (Å²) in [5, 5.41) is 0. The lowest BCUT2D eigenvalue weighted by Crippen LogP contribution is -2.56. The van der Waals surface area contributed by atoms with Gasteiger partial charge in [0.15, 0.2) is 5.78 Å². The van der Waals surface area contributed by atoms with Crippen LogP contribution in [-0.4, -0.2) is 40.8 Å². The third-order valence-electron chi connectivity index (χ3n) is 6.54. The van der Waals surface area contributed by atoms with E-state index in [4.69, 9.17) is 0 Å². The number of piperazine rings is 1. The van der Waals surface area contributed by atoms with Gasteiger partial charge in [-0.2, -0.15) is 0 Å². The standard InChI is InChI=1S/C28H31BrN2O/c1-20-18-31(21(2)17-30(20)19-23-9-15-27(29)16-10-23)28(25-7-5-4-6-8-25)26-13-11-24(12-14-26)22(3)32/h4-16,20-21,28H,17-19H2,1-3H3/t20-,21+,28?/m1/s1. The maximum Gasteiger partial charge on any atom is 0.159 e. The molecule has 0 radical (unpaired) electrons. The minimum atomic E-state index is 0.108. The second kappa shape index (κ2) is 10.1. The van der Waals surface area contributed by atoms with E-state index in [0.717, 1.165) is 29.7 Å². The number of Topliss-reactive ketones (excluding diaryl/α,β-unsaturated/α-hetero) is 1. The van der Waals surface area contributed by atoms with Crippen molar-refractivity contribution < 1.29 is 4.79 Å². The van der Waals surface area contributed by atoms with Crippen molar-refractivity contribution in [2.75, 3.05) is 13.1 Å². The number of carbonyl (C=O) groups excluding carboxylic acids is 1. The molecule has 3 aromatic carbocycles. The van der Waals surface area contributed by atoms with Gasteiger partial charge in [0.05, 0.1) is 6.04 Å². The summed E-state index contributed by atoms with van der Waals surface area (Å²) in [6.07, 6.45) is 0. The molecule has 0 aromatic heterocycles. The van der Waals surface area contributed by atoms with E-state index in [2.05, 4.69) is 106 Å². The fourth-order valence-corrected chi connectivity index (χ4v) is 5.00. The molecular formula is C28H31BrN2O. The number of hydrogen-bond acceptors (Lipinski definition) is 3. The van der Waals surface area contributed by atoms with E-state index in [9.17, 15) is 4.79 Å². The third-order valence-corrected chi connectivity index (χ3v) is 7.07. The molecular weight excluding hydrogens is 460 g/mol. The Morgan fingerprint density at radius 1 is 0.875 bits per heavy atom. The van der Waals surface area contributed by atoms with Gasteiger partial charge in [-0.25, -0.2) is 0 Å². The highest BCUT2D eigenvalue weighted by molar-refractivity contribution is 9.10. The Hall–Kier alpha value is -2.27. The molecule has 1 aliphatic heterocycles. The normalized spacial score (nSPS) is 20.8. The van der Waals surface area contributed by atoms with Crippen molar-refractivity contribution in [2.45, 2.75) is 45.4 Å². The van der Waals surface area contributed by atoms with E-state index >= 15 is 0 Å². The van der Waals surface area contributed by atoms with Crippen molar-refractivity contribution in [3.63, 3.8) is 0 Å².